The summed E-state index contributed by atoms with van der Waals surface area (Å²) in [5.41, 5.74) is -0.857. The maximum atomic E-state index is 15.3. The second kappa shape index (κ2) is 16.4. The maximum absolute atomic E-state index is 15.3. The molecule has 3 aromatic rings. The van der Waals surface area contributed by atoms with Crippen LogP contribution in [0.5, 0.6) is 5.75 Å². The van der Waals surface area contributed by atoms with Crippen molar-refractivity contribution in [2.24, 2.45) is 17.3 Å². The van der Waals surface area contributed by atoms with Crippen LogP contribution in [0.2, 0.25) is 0 Å². The minimum Gasteiger partial charge on any atom is -0.759 e. The van der Waals surface area contributed by atoms with E-state index in [-0.39, 0.29) is 24.3 Å². The zero-order chi connectivity index (χ0) is 46.3. The molecule has 6 aliphatic rings. The SMILES string of the molecule is CC[C@H]1CN2CCc3c([nH]c4ccccc34)[C@@](C(=O)OC)(c3cc4c(cc3OC)N(C)[C@H]3[C@@](O)(C(=O)OC)[C@H](OC(C)=O)[C@]5(CC)C=CCN6CC[C@]43[C@@H]65)C[C@H](C2)C1O.O=S(=O)([O-])[O-]. The van der Waals surface area contributed by atoms with Crippen LogP contribution in [-0.4, -0.2) is 151 Å². The van der Waals surface area contributed by atoms with Gasteiger partial charge in [-0.15, -0.1) is 0 Å². The van der Waals surface area contributed by atoms with E-state index in [2.05, 4.69) is 39.9 Å². The molecule has 0 amide bonds. The number of nitrogens with zero attached hydrogens (tertiary/aromatic N) is 3. The van der Waals surface area contributed by atoms with E-state index in [1.807, 2.05) is 49.2 Å². The Bertz CT molecular complexity index is 2490. The van der Waals surface area contributed by atoms with Gasteiger partial charge >= 0.3 is 17.9 Å². The Morgan fingerprint density at radius 3 is 2.33 bits per heavy atom. The molecule has 2 unspecified atom stereocenters. The average molecular weight is 907 g/mol. The molecule has 9 rings (SSSR count). The van der Waals surface area contributed by atoms with Crippen LogP contribution in [0.4, 0.5) is 5.69 Å². The number of aliphatic hydroxyl groups excluding tert-OH is 1. The third kappa shape index (κ3) is 6.61. The first-order chi connectivity index (χ1) is 30.3. The average Bonchev–Trinajstić information content (AvgIpc) is 3.93. The number of esters is 3. The lowest BCUT2D eigenvalue weighted by Crippen LogP contribution is -2.81. The van der Waals surface area contributed by atoms with E-state index in [1.165, 1.54) is 21.1 Å². The zero-order valence-corrected chi connectivity index (χ0v) is 38.1. The Balaban J connectivity index is 0.00000106. The number of rotatable bonds is 7. The first-order valence-corrected chi connectivity index (χ1v) is 23.3. The summed E-state index contributed by atoms with van der Waals surface area (Å²) < 4.78 is 58.0. The molecule has 3 fully saturated rings. The highest BCUT2D eigenvalue weighted by Crippen LogP contribution is 2.68. The number of H-pyrrole nitrogens is 1. The number of hydrogen-bond donors (Lipinski definition) is 3. The lowest BCUT2D eigenvalue weighted by Gasteiger charge is -2.63. The van der Waals surface area contributed by atoms with Crippen molar-refractivity contribution in [2.75, 3.05) is 66.0 Å². The van der Waals surface area contributed by atoms with E-state index in [4.69, 9.17) is 36.5 Å². The number of aliphatic hydroxyl groups is 2. The van der Waals surface area contributed by atoms with Crippen molar-refractivity contribution in [1.82, 2.24) is 14.8 Å². The maximum Gasteiger partial charge on any atom is 0.344 e. The third-order valence-electron chi connectivity index (χ3n) is 15.7. The highest BCUT2D eigenvalue weighted by Gasteiger charge is 2.80. The number of benzene rings is 2. The van der Waals surface area contributed by atoms with Gasteiger partial charge in [-0.3, -0.25) is 22.9 Å². The van der Waals surface area contributed by atoms with Gasteiger partial charge in [0.2, 0.25) is 5.60 Å². The normalized spacial score (nSPS) is 35.0. The molecule has 2 aromatic carbocycles. The van der Waals surface area contributed by atoms with Crippen molar-refractivity contribution in [3.8, 4) is 5.75 Å². The van der Waals surface area contributed by atoms with Gasteiger partial charge in [0.05, 0.1) is 33.5 Å². The largest absolute Gasteiger partial charge is 0.759 e. The second-order valence-corrected chi connectivity index (χ2v) is 19.2. The second-order valence-electron chi connectivity index (χ2n) is 18.4. The molecule has 17 nitrogen and oxygen atoms in total. The van der Waals surface area contributed by atoms with Gasteiger partial charge in [0.25, 0.3) is 0 Å². The van der Waals surface area contributed by atoms with Crippen molar-refractivity contribution in [1.29, 1.82) is 0 Å². The lowest BCUT2D eigenvalue weighted by molar-refractivity contribution is -0.228. The number of aromatic nitrogens is 1. The number of anilines is 1. The smallest absolute Gasteiger partial charge is 0.344 e. The van der Waals surface area contributed by atoms with E-state index >= 15 is 4.79 Å². The highest BCUT2D eigenvalue weighted by molar-refractivity contribution is 7.79. The minimum absolute atomic E-state index is 0.0295. The van der Waals surface area contributed by atoms with Gasteiger partial charge in [-0.1, -0.05) is 44.2 Å². The fraction of sp³-hybridized carbons (Fsp3) is 0.587. The number of fused-ring (bicyclic) bond motifs is 6. The Morgan fingerprint density at radius 2 is 1.69 bits per heavy atom. The number of ether oxygens (including phenoxy) is 4. The van der Waals surface area contributed by atoms with Crippen LogP contribution >= 0.6 is 0 Å². The Kier molecular flexibility index (Phi) is 11.8. The quantitative estimate of drug-likeness (QED) is 0.102. The molecule has 2 bridgehead atoms. The monoisotopic (exact) mass is 906 g/mol. The lowest BCUT2D eigenvalue weighted by atomic mass is 9.47. The first-order valence-electron chi connectivity index (χ1n) is 21.9. The molecule has 18 heteroatoms. The zero-order valence-electron chi connectivity index (χ0n) is 37.3. The van der Waals surface area contributed by atoms with Crippen LogP contribution in [0.3, 0.4) is 0 Å². The summed E-state index contributed by atoms with van der Waals surface area (Å²) in [7, 11) is 0.961. The van der Waals surface area contributed by atoms with E-state index in [0.717, 1.165) is 52.9 Å². The fourth-order valence-electron chi connectivity index (χ4n) is 13.5. The molecular weight excluding hydrogens is 849 g/mol. The topological polar surface area (TPSA) is 234 Å². The molecule has 0 radical (unpaired) electrons. The Morgan fingerprint density at radius 1 is 0.984 bits per heavy atom. The minimum atomic E-state index is -5.17. The van der Waals surface area contributed by atoms with E-state index in [1.54, 1.807) is 7.11 Å². The molecule has 1 saturated carbocycles. The van der Waals surface area contributed by atoms with E-state index < -0.39 is 68.4 Å². The summed E-state index contributed by atoms with van der Waals surface area (Å²) in [6.07, 6.45) is 4.91. The molecule has 11 atom stereocenters. The number of piperidine rings is 1. The molecule has 348 valence electrons. The van der Waals surface area contributed by atoms with Crippen molar-refractivity contribution in [2.45, 2.75) is 93.6 Å². The number of hydrogen-bond acceptors (Lipinski definition) is 16. The van der Waals surface area contributed by atoms with Crippen molar-refractivity contribution in [3.05, 3.63) is 70.9 Å². The molecule has 1 aromatic heterocycles. The van der Waals surface area contributed by atoms with Gasteiger partial charge in [0.15, 0.2) is 6.10 Å². The van der Waals surface area contributed by atoms with Crippen LogP contribution in [0.15, 0.2) is 48.6 Å². The molecular formula is C46H58N4O13S-2. The molecule has 64 heavy (non-hydrogen) atoms. The van der Waals surface area contributed by atoms with Crippen LogP contribution in [0.1, 0.15) is 68.8 Å². The summed E-state index contributed by atoms with van der Waals surface area (Å²) in [4.78, 5) is 53.2. The van der Waals surface area contributed by atoms with Crippen molar-refractivity contribution in [3.63, 3.8) is 0 Å². The molecule has 6 heterocycles. The predicted molar refractivity (Wildman–Crippen MR) is 231 cm³/mol. The molecule has 5 aliphatic heterocycles. The number of aromatic amines is 1. The standard InChI is InChI=1S/C46H58N4O9.H2O4S/c1-8-27-24-49-19-15-30-29-13-10-11-14-33(29)47-37(30)45(41(53)57-6,23-28(25-49)36(27)52)32-21-31-34(22-35(32)56-5)48(4)39-44(31)17-20-50-18-12-16-43(9-2,38(44)50)40(59-26(3)51)46(39,55)42(54)58-7;1-5(2,3)4/h10-14,16,21-22,27-28,36,38-40,47,52,55H,8-9,15,17-20,23-25H2,1-7H3;(H2,1,2,3,4)/p-2/t27-,28+,36?,38-,39+,40+,43+,44+,45-,46-;/m0./s1. The number of carbonyl (C=O) groups is 3. The molecule has 2 saturated heterocycles. The van der Waals surface area contributed by atoms with Crippen LogP contribution in [0, 0.1) is 17.3 Å². The number of carbonyl (C=O) groups excluding carboxylic acids is 3. The van der Waals surface area contributed by atoms with Crippen LogP contribution in [0.25, 0.3) is 10.9 Å². The van der Waals surface area contributed by atoms with Gasteiger partial charge < -0.3 is 53.0 Å². The molecule has 1 aliphatic carbocycles. The van der Waals surface area contributed by atoms with Crippen LogP contribution in [-0.2, 0) is 56.2 Å². The third-order valence-corrected chi connectivity index (χ3v) is 15.7. The van der Waals surface area contributed by atoms with Crippen molar-refractivity contribution < 1.29 is 61.1 Å². The predicted octanol–water partition coefficient (Wildman–Crippen LogP) is 2.51. The van der Waals surface area contributed by atoms with E-state index in [0.29, 0.717) is 50.2 Å². The fourth-order valence-corrected chi connectivity index (χ4v) is 13.5. The summed E-state index contributed by atoms with van der Waals surface area (Å²) in [6.45, 7) is 8.89. The Labute approximate surface area is 373 Å². The van der Waals surface area contributed by atoms with Gasteiger partial charge in [0, 0.05) is 101 Å². The summed E-state index contributed by atoms with van der Waals surface area (Å²) in [5.74, 6) is -1.78. The van der Waals surface area contributed by atoms with Gasteiger partial charge in [-0.2, -0.15) is 0 Å². The summed E-state index contributed by atoms with van der Waals surface area (Å²) in [5, 5.41) is 26.5. The van der Waals surface area contributed by atoms with Crippen molar-refractivity contribution >= 4 is 44.9 Å². The van der Waals surface area contributed by atoms with Crippen LogP contribution < -0.4 is 9.64 Å². The number of likely N-dealkylation sites (N-methyl/N-ethyl adjacent to an activating group) is 1. The summed E-state index contributed by atoms with van der Waals surface area (Å²) in [6, 6.07) is 10.9. The van der Waals surface area contributed by atoms with E-state index in [9.17, 15) is 19.8 Å². The summed E-state index contributed by atoms with van der Waals surface area (Å²) >= 11 is 0. The van der Waals surface area contributed by atoms with Gasteiger partial charge in [-0.25, -0.2) is 4.79 Å². The first kappa shape index (κ1) is 46.0. The number of para-hydroxylation sites is 1. The number of nitrogens with one attached hydrogen (secondary N) is 1. The molecule has 3 N–H and O–H groups in total. The Hall–Kier alpha value is -4.56. The molecule has 1 spiro atoms. The van der Waals surface area contributed by atoms with Gasteiger partial charge in [-0.05, 0) is 73.7 Å². The highest BCUT2D eigenvalue weighted by atomic mass is 32.3. The number of methoxy groups -OCH3 is 3. The van der Waals surface area contributed by atoms with Gasteiger partial charge in [0.1, 0.15) is 11.2 Å².